The molecular formula is H7BCaO4SmY. The Morgan fingerprint density at radius 1 is 1.12 bits per heavy atom. The third-order valence-corrected chi connectivity index (χ3v) is 0. The average molecular weight is 361 g/mol. The van der Waals surface area contributed by atoms with Crippen LogP contribution in [0, 0.1) is 40.4 Å². The predicted molar refractivity (Wildman–Crippen MR) is 24.0 cm³/mol. The Bertz CT molecular complexity index is 28.0. The van der Waals surface area contributed by atoms with E-state index in [0.29, 0.717) is 0 Å². The maximum atomic E-state index is 7.17. The van der Waals surface area contributed by atoms with E-state index in [1.165, 1.54) is 0 Å². The van der Waals surface area contributed by atoms with Crippen LogP contribution in [0.4, 0.5) is 0 Å². The summed E-state index contributed by atoms with van der Waals surface area (Å²) in [6.45, 7) is 0. The Hall–Kier alpha value is 3.61. The van der Waals surface area contributed by atoms with E-state index in [2.05, 4.69) is 0 Å². The van der Waals surface area contributed by atoms with Gasteiger partial charge in [-0.2, -0.15) is 0 Å². The smallest absolute Gasteiger partial charge is 1.00 e. The first-order chi connectivity index (χ1) is 1.73. The first kappa shape index (κ1) is 29.9. The molecular weight excluding hydrogens is 354 g/mol. The van der Waals surface area contributed by atoms with Crippen LogP contribution in [0.2, 0.25) is 0 Å². The van der Waals surface area contributed by atoms with Gasteiger partial charge in [-0.1, -0.05) is 0 Å². The number of rotatable bonds is 0. The van der Waals surface area contributed by atoms with Gasteiger partial charge in [0.05, 0.1) is 0 Å². The van der Waals surface area contributed by atoms with E-state index in [0.717, 1.165) is 0 Å². The van der Waals surface area contributed by atoms with Crippen molar-refractivity contribution in [1.82, 2.24) is 0 Å². The second-order valence-electron chi connectivity index (χ2n) is 0.346. The second kappa shape index (κ2) is 22.4. The molecule has 0 bridgehead atoms. The molecule has 0 aliphatic heterocycles. The van der Waals surface area contributed by atoms with E-state index in [1.807, 2.05) is 0 Å². The van der Waals surface area contributed by atoms with Crippen LogP contribution >= 0.6 is 0 Å². The fourth-order valence-corrected chi connectivity index (χ4v) is 0. The molecule has 0 spiro atoms. The SMILES string of the molecule is O.OB(O)O.[Ca+2].[H-].[H-].[Sm].[Y]. The van der Waals surface area contributed by atoms with Crippen LogP contribution in [-0.2, 0) is 32.7 Å². The molecule has 1 radical (unpaired) electrons. The molecule has 0 aliphatic carbocycles. The molecule has 0 amide bonds. The zero-order valence-electron chi connectivity index (χ0n) is 6.11. The normalized spacial score (nSPS) is 3.38. The van der Waals surface area contributed by atoms with Gasteiger partial charge in [-0.3, -0.25) is 0 Å². The Balaban J connectivity index is -0.00000000300. The van der Waals surface area contributed by atoms with Crippen molar-refractivity contribution in [3.8, 4) is 0 Å². The van der Waals surface area contributed by atoms with Crippen LogP contribution in [0.3, 0.4) is 0 Å². The van der Waals surface area contributed by atoms with Crippen molar-refractivity contribution in [1.29, 1.82) is 0 Å². The van der Waals surface area contributed by atoms with Gasteiger partial charge in [0.15, 0.2) is 0 Å². The molecule has 0 saturated carbocycles. The summed E-state index contributed by atoms with van der Waals surface area (Å²) in [6.07, 6.45) is 0. The van der Waals surface area contributed by atoms with Crippen LogP contribution in [0.15, 0.2) is 0 Å². The standard InChI is InChI=1S/BH3O3.Ca.H2O.Sm.Y.2H/c2-1(3)4;;;;;;/h2-4H;;1H2;;;;/q;+2;;;;2*-1. The van der Waals surface area contributed by atoms with Gasteiger partial charge in [-0.15, -0.1) is 0 Å². The summed E-state index contributed by atoms with van der Waals surface area (Å²) in [7, 11) is -2.17. The van der Waals surface area contributed by atoms with E-state index in [-0.39, 0.29) is 119 Å². The first-order valence-electron chi connectivity index (χ1n) is 0.775. The Morgan fingerprint density at radius 2 is 1.12 bits per heavy atom. The summed E-state index contributed by atoms with van der Waals surface area (Å²) in [5.41, 5.74) is 0. The number of hydrogen-bond acceptors (Lipinski definition) is 3. The predicted octanol–water partition coefficient (Wildman–Crippen LogP) is -3.03. The van der Waals surface area contributed by atoms with Crippen molar-refractivity contribution in [2.24, 2.45) is 0 Å². The summed E-state index contributed by atoms with van der Waals surface area (Å²) in [5.74, 6) is 0. The summed E-state index contributed by atoms with van der Waals surface area (Å²) in [4.78, 5) is 0. The molecule has 8 heteroatoms. The molecule has 4 nitrogen and oxygen atoms in total. The van der Waals surface area contributed by atoms with E-state index in [4.69, 9.17) is 15.1 Å². The van der Waals surface area contributed by atoms with E-state index in [9.17, 15) is 0 Å². The van der Waals surface area contributed by atoms with Gasteiger partial charge in [0.2, 0.25) is 0 Å². The van der Waals surface area contributed by atoms with Gasteiger partial charge in [0.1, 0.15) is 0 Å². The molecule has 0 saturated heterocycles. The van der Waals surface area contributed by atoms with Crippen molar-refractivity contribution in [3.05, 3.63) is 0 Å². The molecule has 0 atom stereocenters. The molecule has 5 N–H and O–H groups in total. The largest absolute Gasteiger partial charge is 2.00 e. The zero-order chi connectivity index (χ0) is 3.58. The number of hydrogen-bond donors (Lipinski definition) is 3. The van der Waals surface area contributed by atoms with Crippen molar-refractivity contribution >= 4 is 45.1 Å². The maximum Gasteiger partial charge on any atom is 2.00 e. The van der Waals surface area contributed by atoms with E-state index >= 15 is 0 Å². The third kappa shape index (κ3) is 54.7. The minimum atomic E-state index is -2.17. The van der Waals surface area contributed by atoms with Crippen LogP contribution in [0.1, 0.15) is 2.85 Å². The average Bonchev–Trinajstić information content (AvgIpc) is 0.811. The summed E-state index contributed by atoms with van der Waals surface area (Å²) < 4.78 is 0. The van der Waals surface area contributed by atoms with Crippen molar-refractivity contribution < 1.29 is 96.5 Å². The molecule has 45 valence electrons. The molecule has 0 rings (SSSR count). The van der Waals surface area contributed by atoms with Crippen LogP contribution in [0.25, 0.3) is 0 Å². The van der Waals surface area contributed by atoms with E-state index < -0.39 is 7.32 Å². The Kier molecular flexibility index (Phi) is 83.9. The van der Waals surface area contributed by atoms with Gasteiger partial charge >= 0.3 is 45.1 Å². The van der Waals surface area contributed by atoms with Crippen molar-refractivity contribution in [2.75, 3.05) is 0 Å². The van der Waals surface area contributed by atoms with Crippen molar-refractivity contribution in [2.45, 2.75) is 0 Å². The molecule has 0 aromatic heterocycles. The van der Waals surface area contributed by atoms with Gasteiger partial charge in [0.25, 0.3) is 0 Å². The molecule has 0 aromatic rings. The summed E-state index contributed by atoms with van der Waals surface area (Å²) in [6, 6.07) is 0. The molecule has 0 aliphatic rings. The quantitative estimate of drug-likeness (QED) is 0.401. The topological polar surface area (TPSA) is 92.2 Å². The van der Waals surface area contributed by atoms with Gasteiger partial charge in [-0.25, -0.2) is 0 Å². The first-order valence-corrected chi connectivity index (χ1v) is 0.775. The maximum absolute atomic E-state index is 7.17. The summed E-state index contributed by atoms with van der Waals surface area (Å²) >= 11 is 0. The molecule has 8 heavy (non-hydrogen) atoms. The van der Waals surface area contributed by atoms with Crippen LogP contribution in [0.5, 0.6) is 0 Å². The van der Waals surface area contributed by atoms with Crippen LogP contribution < -0.4 is 0 Å². The fraction of sp³-hybridized carbons (Fsp3) is 0. The van der Waals surface area contributed by atoms with Crippen LogP contribution in [-0.4, -0.2) is 65.6 Å². The van der Waals surface area contributed by atoms with E-state index in [1.54, 1.807) is 0 Å². The zero-order valence-corrected chi connectivity index (χ0v) is 11.8. The summed E-state index contributed by atoms with van der Waals surface area (Å²) in [5, 5.41) is 21.5. The Morgan fingerprint density at radius 3 is 1.12 bits per heavy atom. The molecule has 0 heterocycles. The minimum absolute atomic E-state index is 0. The van der Waals surface area contributed by atoms with Gasteiger partial charge in [-0.05, 0) is 0 Å². The molecule has 0 unspecified atom stereocenters. The molecule has 0 fully saturated rings. The fourth-order valence-electron chi connectivity index (χ4n) is 0. The molecule has 0 aromatic carbocycles. The van der Waals surface area contributed by atoms with Gasteiger partial charge < -0.3 is 23.4 Å². The second-order valence-corrected chi connectivity index (χ2v) is 0.346. The van der Waals surface area contributed by atoms with Crippen molar-refractivity contribution in [3.63, 3.8) is 0 Å². The Labute approximate surface area is 138 Å². The third-order valence-electron chi connectivity index (χ3n) is 0. The minimum Gasteiger partial charge on any atom is -1.00 e. The van der Waals surface area contributed by atoms with Gasteiger partial charge in [0, 0.05) is 73.1 Å². The monoisotopic (exact) mass is 363 g/mol.